The van der Waals surface area contributed by atoms with Crippen molar-refractivity contribution < 1.29 is 4.55 Å². The van der Waals surface area contributed by atoms with Crippen molar-refractivity contribution >= 4 is 32.9 Å². The van der Waals surface area contributed by atoms with Crippen LogP contribution in [0.15, 0.2) is 23.7 Å². The maximum Gasteiger partial charge on any atom is 0.136 e. The Labute approximate surface area is 120 Å². The number of hydrogen-bond acceptors (Lipinski definition) is 5. The number of hydrogen-bond donors (Lipinski definition) is 2. The highest BCUT2D eigenvalue weighted by atomic mass is 32.2. The van der Waals surface area contributed by atoms with Crippen LogP contribution in [0.3, 0.4) is 0 Å². The highest BCUT2D eigenvalue weighted by Gasteiger charge is 2.29. The fraction of sp³-hybridized carbons (Fsp3) is 0.462. The maximum absolute atomic E-state index is 12.2. The Bertz CT molecular complexity index is 550. The van der Waals surface area contributed by atoms with Gasteiger partial charge in [-0.1, -0.05) is 6.07 Å². The van der Waals surface area contributed by atoms with E-state index in [2.05, 4.69) is 9.71 Å². The maximum atomic E-state index is 12.2. The normalized spacial score (nSPS) is 15.6. The molecule has 3 N–H and O–H groups in total. The van der Waals surface area contributed by atoms with Crippen molar-refractivity contribution in [2.24, 2.45) is 5.73 Å². The van der Waals surface area contributed by atoms with Crippen molar-refractivity contribution in [3.8, 4) is 0 Å². The molecule has 104 valence electrons. The molecule has 0 saturated heterocycles. The second-order valence-electron chi connectivity index (χ2n) is 5.37. The number of aromatic nitrogens is 1. The molecule has 0 spiro atoms. The van der Waals surface area contributed by atoms with Crippen molar-refractivity contribution in [3.05, 3.63) is 29.3 Å². The number of benzene rings is 1. The van der Waals surface area contributed by atoms with Crippen molar-refractivity contribution in [2.45, 2.75) is 31.6 Å². The molecule has 1 aromatic heterocycles. The topological polar surface area (TPSA) is 74.0 Å². The second kappa shape index (κ2) is 5.76. The monoisotopic (exact) mass is 297 g/mol. The van der Waals surface area contributed by atoms with E-state index in [0.717, 1.165) is 15.8 Å². The lowest BCUT2D eigenvalue weighted by molar-refractivity contribution is 0.525. The minimum Gasteiger partial charge on any atom is -0.598 e. The minimum atomic E-state index is -1.14. The molecule has 0 aliphatic carbocycles. The summed E-state index contributed by atoms with van der Waals surface area (Å²) in [6, 6.07) is 5.94. The fourth-order valence-corrected chi connectivity index (χ4v) is 3.15. The van der Waals surface area contributed by atoms with Crippen LogP contribution in [0.1, 0.15) is 32.4 Å². The Morgan fingerprint density at radius 3 is 2.84 bits per heavy atom. The molecule has 2 atom stereocenters. The highest BCUT2D eigenvalue weighted by Crippen LogP contribution is 2.24. The van der Waals surface area contributed by atoms with Gasteiger partial charge in [0.05, 0.1) is 21.8 Å². The van der Waals surface area contributed by atoms with Gasteiger partial charge >= 0.3 is 0 Å². The number of rotatable bonds is 4. The van der Waals surface area contributed by atoms with Crippen molar-refractivity contribution in [1.82, 2.24) is 9.71 Å². The van der Waals surface area contributed by atoms with E-state index in [1.807, 2.05) is 44.5 Å². The first-order valence-corrected chi connectivity index (χ1v) is 8.16. The molecule has 0 bridgehead atoms. The van der Waals surface area contributed by atoms with Gasteiger partial charge < -0.3 is 10.3 Å². The lowest BCUT2D eigenvalue weighted by atomic mass is 10.1. The van der Waals surface area contributed by atoms with E-state index in [1.54, 1.807) is 11.3 Å². The van der Waals surface area contributed by atoms with E-state index in [0.29, 0.717) is 6.54 Å². The van der Waals surface area contributed by atoms with Gasteiger partial charge in [0.25, 0.3) is 0 Å². The molecular weight excluding hydrogens is 278 g/mol. The van der Waals surface area contributed by atoms with Crippen LogP contribution in [0.5, 0.6) is 0 Å². The third-order valence-electron chi connectivity index (χ3n) is 2.80. The molecule has 0 aliphatic heterocycles. The van der Waals surface area contributed by atoms with Gasteiger partial charge in [0, 0.05) is 17.9 Å². The van der Waals surface area contributed by atoms with Gasteiger partial charge in [-0.15, -0.1) is 16.1 Å². The van der Waals surface area contributed by atoms with Crippen LogP contribution in [0.25, 0.3) is 10.2 Å². The number of nitrogens with two attached hydrogens (primary N) is 1. The number of fused-ring (bicyclic) bond motifs is 1. The average Bonchev–Trinajstić information content (AvgIpc) is 2.81. The average molecular weight is 297 g/mol. The first-order valence-electron chi connectivity index (χ1n) is 6.13. The first kappa shape index (κ1) is 14.7. The Morgan fingerprint density at radius 1 is 1.47 bits per heavy atom. The zero-order valence-electron chi connectivity index (χ0n) is 11.3. The predicted octanol–water partition coefficient (Wildman–Crippen LogP) is 2.35. The SMILES string of the molecule is CC(C)(C)[S@+]([O-])N[C@H](CN)c1ccc2scnc2c1. The molecule has 4 nitrogen and oxygen atoms in total. The lowest BCUT2D eigenvalue weighted by Crippen LogP contribution is -2.43. The zero-order valence-corrected chi connectivity index (χ0v) is 13.0. The zero-order chi connectivity index (χ0) is 14.0. The summed E-state index contributed by atoms with van der Waals surface area (Å²) in [6.07, 6.45) is 0. The first-order chi connectivity index (χ1) is 8.91. The van der Waals surface area contributed by atoms with Crippen LogP contribution in [0.4, 0.5) is 0 Å². The summed E-state index contributed by atoms with van der Waals surface area (Å²) in [5.41, 5.74) is 9.62. The van der Waals surface area contributed by atoms with Crippen molar-refractivity contribution in [1.29, 1.82) is 0 Å². The summed E-state index contributed by atoms with van der Waals surface area (Å²) in [6.45, 7) is 6.21. The van der Waals surface area contributed by atoms with E-state index < -0.39 is 11.4 Å². The molecule has 0 saturated carbocycles. The summed E-state index contributed by atoms with van der Waals surface area (Å²) in [5.74, 6) is 0. The van der Waals surface area contributed by atoms with Crippen molar-refractivity contribution in [3.63, 3.8) is 0 Å². The molecule has 19 heavy (non-hydrogen) atoms. The number of nitrogens with zero attached hydrogens (tertiary/aromatic N) is 1. The highest BCUT2D eigenvalue weighted by molar-refractivity contribution is 7.90. The lowest BCUT2D eigenvalue weighted by Gasteiger charge is -2.27. The third kappa shape index (κ3) is 3.46. The molecule has 1 heterocycles. The van der Waals surface area contributed by atoms with Gasteiger partial charge in [-0.25, -0.2) is 4.98 Å². The molecular formula is C13H19N3OS2. The Morgan fingerprint density at radius 2 is 2.21 bits per heavy atom. The summed E-state index contributed by atoms with van der Waals surface area (Å²) in [5, 5.41) is 0. The summed E-state index contributed by atoms with van der Waals surface area (Å²) < 4.78 is 16.1. The summed E-state index contributed by atoms with van der Waals surface area (Å²) >= 11 is 0.471. The Kier molecular flexibility index (Phi) is 4.47. The van der Waals surface area contributed by atoms with Gasteiger partial charge in [-0.05, 0) is 38.5 Å². The van der Waals surface area contributed by atoms with E-state index in [9.17, 15) is 4.55 Å². The van der Waals surface area contributed by atoms with Gasteiger partial charge in [-0.3, -0.25) is 0 Å². The van der Waals surface area contributed by atoms with Crippen LogP contribution >= 0.6 is 11.3 Å². The molecule has 2 aromatic rings. The van der Waals surface area contributed by atoms with Crippen LogP contribution in [0.2, 0.25) is 0 Å². The molecule has 0 amide bonds. The summed E-state index contributed by atoms with van der Waals surface area (Å²) in [7, 11) is 0. The smallest absolute Gasteiger partial charge is 0.136 e. The molecule has 6 heteroatoms. The van der Waals surface area contributed by atoms with Gasteiger partial charge in [0.2, 0.25) is 0 Å². The summed E-state index contributed by atoms with van der Waals surface area (Å²) in [4.78, 5) is 4.30. The van der Waals surface area contributed by atoms with E-state index in [1.165, 1.54) is 0 Å². The molecule has 2 rings (SSSR count). The number of nitrogens with one attached hydrogen (secondary N) is 1. The number of thiazole rings is 1. The molecule has 1 aromatic carbocycles. The van der Waals surface area contributed by atoms with Crippen molar-refractivity contribution in [2.75, 3.05) is 6.54 Å². The van der Waals surface area contributed by atoms with Crippen LogP contribution in [0, 0.1) is 0 Å². The Hall–Kier alpha value is -0.660. The second-order valence-corrected chi connectivity index (χ2v) is 8.25. The Balaban J connectivity index is 2.21. The van der Waals surface area contributed by atoms with Crippen LogP contribution in [-0.4, -0.2) is 20.8 Å². The molecule has 0 fully saturated rings. The standard InChI is InChI=1S/C13H19N3OS2/c1-13(2,3)19(17)16-11(7-14)9-4-5-12-10(6-9)15-8-18-12/h4-6,8,11,16H,7,14H2,1-3H3/t11-,19+/m1/s1. The molecule has 0 radical (unpaired) electrons. The van der Waals surface area contributed by atoms with E-state index in [-0.39, 0.29) is 10.8 Å². The molecule has 0 aliphatic rings. The van der Waals surface area contributed by atoms with E-state index >= 15 is 0 Å². The van der Waals surface area contributed by atoms with Gasteiger partial charge in [0.1, 0.15) is 4.75 Å². The third-order valence-corrected chi connectivity index (χ3v) is 5.22. The van der Waals surface area contributed by atoms with E-state index in [4.69, 9.17) is 5.73 Å². The van der Waals surface area contributed by atoms with Crippen LogP contribution < -0.4 is 10.5 Å². The minimum absolute atomic E-state index is 0.119. The predicted molar refractivity (Wildman–Crippen MR) is 82.4 cm³/mol. The van der Waals surface area contributed by atoms with Gasteiger partial charge in [0.15, 0.2) is 0 Å². The molecule has 0 unspecified atom stereocenters. The van der Waals surface area contributed by atoms with Gasteiger partial charge in [-0.2, -0.15) is 0 Å². The largest absolute Gasteiger partial charge is 0.598 e. The quantitative estimate of drug-likeness (QED) is 0.850. The fourth-order valence-electron chi connectivity index (χ4n) is 1.65. The van der Waals surface area contributed by atoms with Crippen LogP contribution in [-0.2, 0) is 11.4 Å².